The summed E-state index contributed by atoms with van der Waals surface area (Å²) in [6, 6.07) is 17.4. The van der Waals surface area contributed by atoms with Crippen LogP contribution in [0.1, 0.15) is 43.9 Å². The maximum atomic E-state index is 10.3. The van der Waals surface area contributed by atoms with E-state index in [-0.39, 0.29) is 18.4 Å². The zero-order chi connectivity index (χ0) is 16.7. The topological polar surface area (TPSA) is 55.5 Å². The Balaban J connectivity index is 0.00000288. The maximum absolute atomic E-state index is 10.3. The number of nitrogens with two attached hydrogens (primary N) is 1. The van der Waals surface area contributed by atoms with Crippen molar-refractivity contribution in [1.82, 2.24) is 0 Å². The van der Waals surface area contributed by atoms with Gasteiger partial charge in [-0.15, -0.1) is 12.4 Å². The summed E-state index contributed by atoms with van der Waals surface area (Å²) in [7, 11) is 0. The number of hydrogen-bond acceptors (Lipinski definition) is 3. The van der Waals surface area contributed by atoms with E-state index in [4.69, 9.17) is 10.5 Å². The van der Waals surface area contributed by atoms with Crippen LogP contribution in [0.3, 0.4) is 0 Å². The number of hydrogen-bond donors (Lipinski definition) is 2. The number of rotatable bonds is 8. The van der Waals surface area contributed by atoms with Crippen molar-refractivity contribution in [3.05, 3.63) is 65.7 Å². The van der Waals surface area contributed by atoms with Crippen molar-refractivity contribution in [2.24, 2.45) is 11.7 Å². The van der Waals surface area contributed by atoms with E-state index in [1.165, 1.54) is 0 Å². The average molecular weight is 350 g/mol. The number of aliphatic hydroxyl groups excluding tert-OH is 1. The van der Waals surface area contributed by atoms with Crippen molar-refractivity contribution in [3.8, 4) is 5.75 Å². The SMILES string of the molecule is CC(C)CC[C@H](O)[C@H](N)c1cccc(OCc2ccccc2)c1.Cl. The van der Waals surface area contributed by atoms with Gasteiger partial charge in [0.05, 0.1) is 12.1 Å². The van der Waals surface area contributed by atoms with E-state index in [0.29, 0.717) is 18.9 Å². The molecule has 2 atom stereocenters. The summed E-state index contributed by atoms with van der Waals surface area (Å²) in [5.74, 6) is 1.34. The Kier molecular flexibility index (Phi) is 8.83. The predicted molar refractivity (Wildman–Crippen MR) is 101 cm³/mol. The number of benzene rings is 2. The van der Waals surface area contributed by atoms with Crippen LogP contribution in [-0.4, -0.2) is 11.2 Å². The van der Waals surface area contributed by atoms with Gasteiger partial charge in [-0.2, -0.15) is 0 Å². The van der Waals surface area contributed by atoms with Crippen molar-refractivity contribution in [2.45, 2.75) is 45.4 Å². The molecule has 0 saturated carbocycles. The highest BCUT2D eigenvalue weighted by Crippen LogP contribution is 2.23. The van der Waals surface area contributed by atoms with Crippen molar-refractivity contribution in [1.29, 1.82) is 0 Å². The van der Waals surface area contributed by atoms with E-state index in [1.807, 2.05) is 54.6 Å². The van der Waals surface area contributed by atoms with Crippen molar-refractivity contribution in [3.63, 3.8) is 0 Å². The molecule has 0 fully saturated rings. The van der Waals surface area contributed by atoms with E-state index in [2.05, 4.69) is 13.8 Å². The molecule has 0 aliphatic carbocycles. The Labute approximate surface area is 151 Å². The van der Waals surface area contributed by atoms with E-state index in [1.54, 1.807) is 0 Å². The van der Waals surface area contributed by atoms with Crippen LogP contribution in [0.5, 0.6) is 5.75 Å². The summed E-state index contributed by atoms with van der Waals surface area (Å²) in [4.78, 5) is 0. The summed E-state index contributed by atoms with van der Waals surface area (Å²) < 4.78 is 5.82. The molecular weight excluding hydrogens is 322 g/mol. The Hall–Kier alpha value is -1.55. The minimum atomic E-state index is -0.526. The summed E-state index contributed by atoms with van der Waals surface area (Å²) in [6.07, 6.45) is 1.16. The van der Waals surface area contributed by atoms with Gasteiger partial charge in [0.15, 0.2) is 0 Å². The standard InChI is InChI=1S/C20H27NO2.ClH/c1-15(2)11-12-19(22)20(21)17-9-6-10-18(13-17)23-14-16-7-4-3-5-8-16;/h3-10,13,15,19-20,22H,11-12,14,21H2,1-2H3;1H/t19-,20+;/m0./s1. The summed E-state index contributed by atoms with van der Waals surface area (Å²) >= 11 is 0. The summed E-state index contributed by atoms with van der Waals surface area (Å²) in [5, 5.41) is 10.3. The Morgan fingerprint density at radius 2 is 1.71 bits per heavy atom. The molecule has 0 aliphatic rings. The van der Waals surface area contributed by atoms with Gasteiger partial charge in [-0.3, -0.25) is 0 Å². The van der Waals surface area contributed by atoms with Gasteiger partial charge in [-0.05, 0) is 42.0 Å². The highest BCUT2D eigenvalue weighted by Gasteiger charge is 2.17. The first-order valence-corrected chi connectivity index (χ1v) is 8.26. The molecule has 0 bridgehead atoms. The van der Waals surface area contributed by atoms with Crippen LogP contribution < -0.4 is 10.5 Å². The largest absolute Gasteiger partial charge is 0.489 e. The minimum absolute atomic E-state index is 0. The second kappa shape index (κ2) is 10.3. The molecule has 3 nitrogen and oxygen atoms in total. The van der Waals surface area contributed by atoms with Gasteiger partial charge in [-0.25, -0.2) is 0 Å². The monoisotopic (exact) mass is 349 g/mol. The molecule has 4 heteroatoms. The van der Waals surface area contributed by atoms with Gasteiger partial charge in [0, 0.05) is 0 Å². The lowest BCUT2D eigenvalue weighted by Gasteiger charge is -2.20. The number of halogens is 1. The highest BCUT2D eigenvalue weighted by atomic mass is 35.5. The third-order valence-electron chi connectivity index (χ3n) is 3.95. The molecule has 2 aromatic rings. The van der Waals surface area contributed by atoms with E-state index in [9.17, 15) is 5.11 Å². The van der Waals surface area contributed by atoms with Gasteiger partial charge < -0.3 is 15.6 Å². The third kappa shape index (κ3) is 6.52. The van der Waals surface area contributed by atoms with E-state index >= 15 is 0 Å². The molecule has 0 heterocycles. The minimum Gasteiger partial charge on any atom is -0.489 e. The lowest BCUT2D eigenvalue weighted by Crippen LogP contribution is -2.26. The van der Waals surface area contributed by atoms with Gasteiger partial charge in [0.1, 0.15) is 12.4 Å². The van der Waals surface area contributed by atoms with Crippen LogP contribution in [0.2, 0.25) is 0 Å². The van der Waals surface area contributed by atoms with Crippen LogP contribution in [0.4, 0.5) is 0 Å². The zero-order valence-electron chi connectivity index (χ0n) is 14.4. The molecule has 24 heavy (non-hydrogen) atoms. The van der Waals surface area contributed by atoms with Crippen LogP contribution in [0, 0.1) is 5.92 Å². The molecule has 0 aliphatic heterocycles. The van der Waals surface area contributed by atoms with Crippen molar-refractivity contribution in [2.75, 3.05) is 0 Å². The highest BCUT2D eigenvalue weighted by molar-refractivity contribution is 5.85. The van der Waals surface area contributed by atoms with Gasteiger partial charge in [0.2, 0.25) is 0 Å². The smallest absolute Gasteiger partial charge is 0.120 e. The normalized spacial score (nSPS) is 13.2. The lowest BCUT2D eigenvalue weighted by atomic mass is 9.96. The molecular formula is C20H28ClNO2. The first-order chi connectivity index (χ1) is 11.1. The summed E-state index contributed by atoms with van der Waals surface area (Å²) in [5.41, 5.74) is 8.23. The molecule has 0 saturated heterocycles. The quantitative estimate of drug-likeness (QED) is 0.738. The lowest BCUT2D eigenvalue weighted by molar-refractivity contribution is 0.128. The van der Waals surface area contributed by atoms with Crippen LogP contribution in [0.25, 0.3) is 0 Å². The average Bonchev–Trinajstić information content (AvgIpc) is 2.58. The fraction of sp³-hybridized carbons (Fsp3) is 0.400. The van der Waals surface area contributed by atoms with Gasteiger partial charge in [-0.1, -0.05) is 56.3 Å². The molecule has 0 unspecified atom stereocenters. The molecule has 0 radical (unpaired) electrons. The van der Waals surface area contributed by atoms with Crippen molar-refractivity contribution >= 4 is 12.4 Å². The Bertz CT molecular complexity index is 589. The first kappa shape index (κ1) is 20.5. The maximum Gasteiger partial charge on any atom is 0.120 e. The van der Waals surface area contributed by atoms with Crippen molar-refractivity contribution < 1.29 is 9.84 Å². The van der Waals surface area contributed by atoms with Crippen LogP contribution >= 0.6 is 12.4 Å². The molecule has 0 spiro atoms. The van der Waals surface area contributed by atoms with Gasteiger partial charge >= 0.3 is 0 Å². The first-order valence-electron chi connectivity index (χ1n) is 8.26. The molecule has 2 rings (SSSR count). The third-order valence-corrected chi connectivity index (χ3v) is 3.95. The summed E-state index contributed by atoms with van der Waals surface area (Å²) in [6.45, 7) is 4.82. The molecule has 3 N–H and O–H groups in total. The molecule has 132 valence electrons. The fourth-order valence-corrected chi connectivity index (χ4v) is 2.46. The van der Waals surface area contributed by atoms with Gasteiger partial charge in [0.25, 0.3) is 0 Å². The second-order valence-electron chi connectivity index (χ2n) is 6.41. The zero-order valence-corrected chi connectivity index (χ0v) is 15.2. The molecule has 2 aromatic carbocycles. The second-order valence-corrected chi connectivity index (χ2v) is 6.41. The molecule has 0 amide bonds. The van der Waals surface area contributed by atoms with Crippen LogP contribution in [-0.2, 0) is 6.61 Å². The predicted octanol–water partition coefficient (Wildman–Crippen LogP) is 4.48. The Morgan fingerprint density at radius 1 is 1.00 bits per heavy atom. The van der Waals surface area contributed by atoms with E-state index in [0.717, 1.165) is 23.3 Å². The fourth-order valence-electron chi connectivity index (χ4n) is 2.46. The number of ether oxygens (including phenoxy) is 1. The molecule has 0 aromatic heterocycles. The van der Waals surface area contributed by atoms with Crippen LogP contribution in [0.15, 0.2) is 54.6 Å². The Morgan fingerprint density at radius 3 is 2.38 bits per heavy atom. The van der Waals surface area contributed by atoms with E-state index < -0.39 is 6.10 Å². The number of aliphatic hydroxyl groups is 1.